The zero-order chi connectivity index (χ0) is 21.8. The van der Waals surface area contributed by atoms with Crippen LogP contribution in [-0.2, 0) is 4.79 Å². The molecule has 0 bridgehead atoms. The van der Waals surface area contributed by atoms with Gasteiger partial charge >= 0.3 is 5.97 Å². The smallest absolute Gasteiger partial charge is 0.332 e. The number of aromatic nitrogens is 3. The zero-order valence-electron chi connectivity index (χ0n) is 16.2. The molecule has 2 aromatic heterocycles. The molecule has 4 rings (SSSR count). The highest BCUT2D eigenvalue weighted by atomic mass is 16.6. The maximum atomic E-state index is 13.1. The number of rotatable bonds is 7. The maximum Gasteiger partial charge on any atom is 0.332 e. The Morgan fingerprint density at radius 3 is 2.19 bits per heavy atom. The minimum atomic E-state index is -1.57. The molecule has 0 spiro atoms. The molecule has 1 atom stereocenters. The molecule has 1 amide bonds. The van der Waals surface area contributed by atoms with E-state index in [4.69, 9.17) is 9.74 Å². The van der Waals surface area contributed by atoms with Crippen molar-refractivity contribution in [3.63, 3.8) is 0 Å². The van der Waals surface area contributed by atoms with Gasteiger partial charge in [-0.1, -0.05) is 60.7 Å². The Labute approximate surface area is 176 Å². The minimum absolute atomic E-state index is 0.0437. The van der Waals surface area contributed by atoms with Gasteiger partial charge in [0.05, 0.1) is 0 Å². The molecule has 0 aliphatic carbocycles. The molecule has 4 aromatic rings. The van der Waals surface area contributed by atoms with Crippen molar-refractivity contribution >= 4 is 22.9 Å². The van der Waals surface area contributed by atoms with Crippen LogP contribution in [0.2, 0.25) is 0 Å². The molecule has 0 aliphatic rings. The summed E-state index contributed by atoms with van der Waals surface area (Å²) in [5.41, 5.74) is 3.22. The molecule has 0 saturated heterocycles. The van der Waals surface area contributed by atoms with E-state index < -0.39 is 18.0 Å². The number of carboxylic acid groups (broad SMARTS) is 1. The fourth-order valence-corrected chi connectivity index (χ4v) is 3.21. The van der Waals surface area contributed by atoms with Crippen molar-refractivity contribution in [2.24, 2.45) is 0 Å². The van der Waals surface area contributed by atoms with Gasteiger partial charge in [-0.3, -0.25) is 4.79 Å². The average Bonchev–Trinajstić information content (AvgIpc) is 3.28. The van der Waals surface area contributed by atoms with Crippen molar-refractivity contribution in [3.05, 3.63) is 66.4 Å². The summed E-state index contributed by atoms with van der Waals surface area (Å²) in [5.74, 6) is -1.88. The van der Waals surface area contributed by atoms with Crippen LogP contribution >= 0.6 is 0 Å². The molecule has 2 heterocycles. The molecule has 3 N–H and O–H groups in total. The SMILES string of the molecule is O=C(NCC[C@H](O)C(=O)O)c1nc(-c2ccccc2)c2nonc2c1-c1ccccc1. The average molecular weight is 418 g/mol. The summed E-state index contributed by atoms with van der Waals surface area (Å²) >= 11 is 0. The van der Waals surface area contributed by atoms with E-state index in [2.05, 4.69) is 20.6 Å². The molecular formula is C22H18N4O5. The molecule has 0 fully saturated rings. The molecule has 0 unspecified atom stereocenters. The Hall–Kier alpha value is -4.11. The molecule has 156 valence electrons. The zero-order valence-corrected chi connectivity index (χ0v) is 16.2. The monoisotopic (exact) mass is 418 g/mol. The van der Waals surface area contributed by atoms with Crippen LogP contribution in [0, 0.1) is 0 Å². The van der Waals surface area contributed by atoms with Crippen LogP contribution in [0.25, 0.3) is 33.4 Å². The van der Waals surface area contributed by atoms with E-state index in [0.29, 0.717) is 27.9 Å². The van der Waals surface area contributed by atoms with E-state index in [1.54, 1.807) is 0 Å². The summed E-state index contributed by atoms with van der Waals surface area (Å²) in [6, 6.07) is 18.4. The third-order valence-corrected chi connectivity index (χ3v) is 4.72. The van der Waals surface area contributed by atoms with E-state index >= 15 is 0 Å². The lowest BCUT2D eigenvalue weighted by Crippen LogP contribution is -2.31. The lowest BCUT2D eigenvalue weighted by molar-refractivity contribution is -0.146. The second-order valence-electron chi connectivity index (χ2n) is 6.78. The number of hydrogen-bond donors (Lipinski definition) is 3. The van der Waals surface area contributed by atoms with E-state index in [1.807, 2.05) is 60.7 Å². The molecule has 2 aromatic carbocycles. The number of carbonyl (C=O) groups excluding carboxylic acids is 1. The Morgan fingerprint density at radius 1 is 0.935 bits per heavy atom. The largest absolute Gasteiger partial charge is 0.479 e. The number of benzene rings is 2. The van der Waals surface area contributed by atoms with Gasteiger partial charge in [-0.2, -0.15) is 0 Å². The molecule has 31 heavy (non-hydrogen) atoms. The second-order valence-corrected chi connectivity index (χ2v) is 6.78. The van der Waals surface area contributed by atoms with Crippen LogP contribution < -0.4 is 5.32 Å². The fraction of sp³-hybridized carbons (Fsp3) is 0.136. The number of aliphatic carboxylic acids is 1. The summed E-state index contributed by atoms with van der Waals surface area (Å²) in [4.78, 5) is 28.5. The van der Waals surface area contributed by atoms with Gasteiger partial charge < -0.3 is 15.5 Å². The van der Waals surface area contributed by atoms with Crippen molar-refractivity contribution < 1.29 is 24.4 Å². The molecule has 9 heteroatoms. The number of carboxylic acids is 1. The Bertz CT molecular complexity index is 1220. The Morgan fingerprint density at radius 2 is 1.55 bits per heavy atom. The minimum Gasteiger partial charge on any atom is -0.479 e. The predicted octanol–water partition coefficient (Wildman–Crippen LogP) is 2.52. The summed E-state index contributed by atoms with van der Waals surface area (Å²) in [6.45, 7) is -0.0437. The standard InChI is InChI=1S/C22H18N4O5/c27-15(22(29)30)11-12-23-21(28)19-16(13-7-3-1-4-8-13)18-20(26-31-25-18)17(24-19)14-9-5-2-6-10-14/h1-10,15,27H,11-12H2,(H,23,28)(H,29,30)/t15-/m0/s1. The van der Waals surface area contributed by atoms with E-state index in [-0.39, 0.29) is 18.7 Å². The topological polar surface area (TPSA) is 138 Å². The van der Waals surface area contributed by atoms with Gasteiger partial charge in [0.1, 0.15) is 16.9 Å². The highest BCUT2D eigenvalue weighted by Crippen LogP contribution is 2.34. The van der Waals surface area contributed by atoms with Gasteiger partial charge in [0.2, 0.25) is 0 Å². The molecule has 0 radical (unpaired) electrons. The summed E-state index contributed by atoms with van der Waals surface area (Å²) < 4.78 is 4.99. The molecule has 0 aliphatic heterocycles. The van der Waals surface area contributed by atoms with Crippen molar-refractivity contribution in [2.75, 3.05) is 6.54 Å². The van der Waals surface area contributed by atoms with Crippen molar-refractivity contribution in [3.8, 4) is 22.4 Å². The predicted molar refractivity (Wildman–Crippen MR) is 111 cm³/mol. The Balaban J connectivity index is 1.82. The normalized spacial score (nSPS) is 11.9. The third-order valence-electron chi connectivity index (χ3n) is 4.72. The number of aliphatic hydroxyl groups excluding tert-OH is 1. The quantitative estimate of drug-likeness (QED) is 0.416. The molecular weight excluding hydrogens is 400 g/mol. The Kier molecular flexibility index (Phi) is 5.67. The van der Waals surface area contributed by atoms with Gasteiger partial charge in [-0.05, 0) is 15.9 Å². The number of carbonyl (C=O) groups is 2. The van der Waals surface area contributed by atoms with Crippen LogP contribution in [0.5, 0.6) is 0 Å². The van der Waals surface area contributed by atoms with E-state index in [9.17, 15) is 14.7 Å². The van der Waals surface area contributed by atoms with E-state index in [1.165, 1.54) is 0 Å². The first kappa shape index (κ1) is 20.2. The van der Waals surface area contributed by atoms with Crippen molar-refractivity contribution in [1.82, 2.24) is 20.6 Å². The summed E-state index contributed by atoms with van der Waals surface area (Å²) in [6.07, 6.45) is -1.70. The van der Waals surface area contributed by atoms with Crippen LogP contribution in [0.1, 0.15) is 16.9 Å². The number of pyridine rings is 1. The molecule has 9 nitrogen and oxygen atoms in total. The second kappa shape index (κ2) is 8.72. The highest BCUT2D eigenvalue weighted by Gasteiger charge is 2.25. The number of aliphatic hydroxyl groups is 1. The van der Waals surface area contributed by atoms with Crippen molar-refractivity contribution in [1.29, 1.82) is 0 Å². The number of nitrogens with zero attached hydrogens (tertiary/aromatic N) is 3. The van der Waals surface area contributed by atoms with Crippen LogP contribution in [0.3, 0.4) is 0 Å². The summed E-state index contributed by atoms with van der Waals surface area (Å²) in [7, 11) is 0. The highest BCUT2D eigenvalue weighted by molar-refractivity contribution is 6.09. The van der Waals surface area contributed by atoms with Gasteiger partial charge in [-0.15, -0.1) is 0 Å². The number of amides is 1. The van der Waals surface area contributed by atoms with Crippen LogP contribution in [0.15, 0.2) is 65.3 Å². The first-order valence-corrected chi connectivity index (χ1v) is 9.52. The van der Waals surface area contributed by atoms with Crippen LogP contribution in [0.4, 0.5) is 0 Å². The lowest BCUT2D eigenvalue weighted by atomic mass is 9.99. The van der Waals surface area contributed by atoms with E-state index in [0.717, 1.165) is 5.56 Å². The number of nitrogens with one attached hydrogen (secondary N) is 1. The molecule has 0 saturated carbocycles. The third kappa shape index (κ3) is 4.12. The van der Waals surface area contributed by atoms with Gasteiger partial charge in [-0.25, -0.2) is 14.4 Å². The number of fused-ring (bicyclic) bond motifs is 1. The first-order chi connectivity index (χ1) is 15.1. The van der Waals surface area contributed by atoms with Gasteiger partial charge in [0, 0.05) is 24.1 Å². The fourth-order valence-electron chi connectivity index (χ4n) is 3.21. The first-order valence-electron chi connectivity index (χ1n) is 9.52. The van der Waals surface area contributed by atoms with Crippen molar-refractivity contribution in [2.45, 2.75) is 12.5 Å². The lowest BCUT2D eigenvalue weighted by Gasteiger charge is -2.13. The number of hydrogen-bond acceptors (Lipinski definition) is 7. The van der Waals surface area contributed by atoms with Gasteiger partial charge in [0.15, 0.2) is 11.6 Å². The summed E-state index contributed by atoms with van der Waals surface area (Å²) in [5, 5.41) is 28.9. The maximum absolute atomic E-state index is 13.1. The van der Waals surface area contributed by atoms with Gasteiger partial charge in [0.25, 0.3) is 5.91 Å². The van der Waals surface area contributed by atoms with Crippen LogP contribution in [-0.4, -0.2) is 50.0 Å².